The van der Waals surface area contributed by atoms with Crippen LogP contribution in [0.3, 0.4) is 0 Å². The lowest BCUT2D eigenvalue weighted by Gasteiger charge is -2.20. The minimum absolute atomic E-state index is 0.170. The Bertz CT molecular complexity index is 676. The van der Waals surface area contributed by atoms with E-state index in [-0.39, 0.29) is 6.03 Å². The van der Waals surface area contributed by atoms with Crippen LogP contribution in [0.25, 0.3) is 0 Å². The van der Waals surface area contributed by atoms with E-state index in [2.05, 4.69) is 50.5 Å². The molecule has 0 aromatic heterocycles. The zero-order valence-electron chi connectivity index (χ0n) is 15.0. The molecule has 0 fully saturated rings. The van der Waals surface area contributed by atoms with Gasteiger partial charge in [-0.1, -0.05) is 46.6 Å². The number of amides is 2. The smallest absolute Gasteiger partial charge is 0.319 e. The van der Waals surface area contributed by atoms with Crippen LogP contribution >= 0.6 is 27.5 Å². The van der Waals surface area contributed by atoms with E-state index in [4.69, 9.17) is 11.6 Å². The molecule has 0 heterocycles. The van der Waals surface area contributed by atoms with Crippen molar-refractivity contribution in [1.82, 2.24) is 10.2 Å². The summed E-state index contributed by atoms with van der Waals surface area (Å²) in [6, 6.07) is 15.4. The summed E-state index contributed by atoms with van der Waals surface area (Å²) >= 11 is 9.29. The van der Waals surface area contributed by atoms with Gasteiger partial charge >= 0.3 is 6.03 Å². The van der Waals surface area contributed by atoms with E-state index in [1.165, 1.54) is 5.56 Å². The second-order valence-corrected chi connectivity index (χ2v) is 7.40. The first-order chi connectivity index (χ1) is 12.6. The first-order valence-corrected chi connectivity index (χ1v) is 10.0. The van der Waals surface area contributed by atoms with Crippen LogP contribution < -0.4 is 10.6 Å². The maximum Gasteiger partial charge on any atom is 0.319 e. The number of anilines is 1. The average molecular weight is 439 g/mol. The van der Waals surface area contributed by atoms with Crippen LogP contribution in [0, 0.1) is 0 Å². The molecule has 0 atom stereocenters. The van der Waals surface area contributed by atoms with Crippen LogP contribution in [0.1, 0.15) is 18.9 Å². The summed E-state index contributed by atoms with van der Waals surface area (Å²) in [4.78, 5) is 14.3. The lowest BCUT2D eigenvalue weighted by molar-refractivity contribution is 0.249. The fraction of sp³-hybridized carbons (Fsp3) is 0.350. The van der Waals surface area contributed by atoms with Crippen LogP contribution in [0.2, 0.25) is 5.02 Å². The van der Waals surface area contributed by atoms with Crippen molar-refractivity contribution in [3.8, 4) is 0 Å². The maximum absolute atomic E-state index is 11.9. The number of benzene rings is 2. The van der Waals surface area contributed by atoms with Gasteiger partial charge in [0, 0.05) is 28.3 Å². The summed E-state index contributed by atoms with van der Waals surface area (Å²) < 4.78 is 0.988. The van der Waals surface area contributed by atoms with Crippen LogP contribution in [-0.2, 0) is 6.42 Å². The first-order valence-electron chi connectivity index (χ1n) is 8.84. The van der Waals surface area contributed by atoms with Gasteiger partial charge in [0.2, 0.25) is 0 Å². The fourth-order valence-corrected chi connectivity index (χ4v) is 2.97. The number of hydrogen-bond acceptors (Lipinski definition) is 2. The monoisotopic (exact) mass is 437 g/mol. The maximum atomic E-state index is 11.9. The number of nitrogens with zero attached hydrogens (tertiary/aromatic N) is 1. The van der Waals surface area contributed by atoms with Crippen molar-refractivity contribution < 1.29 is 4.79 Å². The average Bonchev–Trinajstić information content (AvgIpc) is 2.64. The molecule has 0 bridgehead atoms. The Kier molecular flexibility index (Phi) is 8.95. The van der Waals surface area contributed by atoms with Gasteiger partial charge in [-0.05, 0) is 67.9 Å². The van der Waals surface area contributed by atoms with Gasteiger partial charge in [0.1, 0.15) is 0 Å². The number of carbonyl (C=O) groups is 1. The van der Waals surface area contributed by atoms with E-state index >= 15 is 0 Å². The number of nitrogens with one attached hydrogen (secondary N) is 2. The highest BCUT2D eigenvalue weighted by atomic mass is 79.9. The molecule has 0 aliphatic heterocycles. The highest BCUT2D eigenvalue weighted by Gasteiger charge is 2.05. The van der Waals surface area contributed by atoms with E-state index in [1.54, 1.807) is 0 Å². The van der Waals surface area contributed by atoms with Crippen LogP contribution in [0.15, 0.2) is 53.0 Å². The highest BCUT2D eigenvalue weighted by Crippen LogP contribution is 2.14. The molecule has 0 saturated heterocycles. The third-order valence-corrected chi connectivity index (χ3v) is 4.90. The van der Waals surface area contributed by atoms with Crippen molar-refractivity contribution in [3.63, 3.8) is 0 Å². The Morgan fingerprint density at radius 2 is 1.77 bits per heavy atom. The van der Waals surface area contributed by atoms with Crippen LogP contribution in [0.4, 0.5) is 10.5 Å². The Morgan fingerprint density at radius 1 is 1.08 bits per heavy atom. The molecular formula is C20H25BrClN3O. The summed E-state index contributed by atoms with van der Waals surface area (Å²) in [5, 5.41) is 6.50. The van der Waals surface area contributed by atoms with E-state index in [1.807, 2.05) is 36.4 Å². The number of carbonyl (C=O) groups excluding carboxylic acids is 1. The first kappa shape index (κ1) is 20.7. The fourth-order valence-electron chi connectivity index (χ4n) is 2.58. The van der Waals surface area contributed by atoms with Crippen molar-refractivity contribution >= 4 is 39.2 Å². The molecule has 6 heteroatoms. The molecule has 26 heavy (non-hydrogen) atoms. The van der Waals surface area contributed by atoms with Gasteiger partial charge in [-0.25, -0.2) is 4.79 Å². The van der Waals surface area contributed by atoms with Gasteiger partial charge in [-0.3, -0.25) is 0 Å². The Balaban J connectivity index is 1.62. The molecule has 0 radical (unpaired) electrons. The van der Waals surface area contributed by atoms with E-state index < -0.39 is 0 Å². The minimum atomic E-state index is -0.170. The molecule has 0 saturated carbocycles. The molecule has 0 spiro atoms. The van der Waals surface area contributed by atoms with Gasteiger partial charge in [-0.15, -0.1) is 0 Å². The molecular weight excluding hydrogens is 414 g/mol. The lowest BCUT2D eigenvalue weighted by atomic mass is 10.1. The van der Waals surface area contributed by atoms with Crippen LogP contribution in [-0.4, -0.2) is 37.1 Å². The van der Waals surface area contributed by atoms with Crippen molar-refractivity contribution in [2.45, 2.75) is 19.8 Å². The topological polar surface area (TPSA) is 44.4 Å². The van der Waals surface area contributed by atoms with E-state index in [0.29, 0.717) is 6.54 Å². The summed E-state index contributed by atoms with van der Waals surface area (Å²) in [5.41, 5.74) is 2.07. The van der Waals surface area contributed by atoms with Crippen LogP contribution in [0.5, 0.6) is 0 Å². The largest absolute Gasteiger partial charge is 0.338 e. The summed E-state index contributed by atoms with van der Waals surface area (Å²) in [6.07, 6.45) is 1.92. The number of halogens is 2. The predicted molar refractivity (Wildman–Crippen MR) is 113 cm³/mol. The molecule has 2 N–H and O–H groups in total. The van der Waals surface area contributed by atoms with E-state index in [9.17, 15) is 4.79 Å². The third kappa shape index (κ3) is 7.77. The Morgan fingerprint density at radius 3 is 2.42 bits per heavy atom. The number of rotatable bonds is 9. The number of hydrogen-bond donors (Lipinski definition) is 2. The second-order valence-electron chi connectivity index (χ2n) is 6.05. The molecule has 140 valence electrons. The molecule has 2 aromatic carbocycles. The molecule has 2 amide bonds. The van der Waals surface area contributed by atoms with Gasteiger partial charge < -0.3 is 15.5 Å². The van der Waals surface area contributed by atoms with Gasteiger partial charge in [0.15, 0.2) is 0 Å². The third-order valence-electron chi connectivity index (χ3n) is 4.12. The molecule has 0 aliphatic carbocycles. The van der Waals surface area contributed by atoms with Crippen molar-refractivity contribution in [3.05, 3.63) is 63.6 Å². The molecule has 2 aromatic rings. The quantitative estimate of drug-likeness (QED) is 0.530. The molecule has 0 unspecified atom stereocenters. The zero-order valence-corrected chi connectivity index (χ0v) is 17.3. The SMILES string of the molecule is CCN(CCCNC(=O)Nc1ccc(Br)cc1)CCc1ccc(Cl)cc1. The zero-order chi connectivity index (χ0) is 18.8. The van der Waals surface area contributed by atoms with Crippen molar-refractivity contribution in [2.24, 2.45) is 0 Å². The van der Waals surface area contributed by atoms with Gasteiger partial charge in [-0.2, -0.15) is 0 Å². The van der Waals surface area contributed by atoms with Gasteiger partial charge in [0.05, 0.1) is 0 Å². The highest BCUT2D eigenvalue weighted by molar-refractivity contribution is 9.10. The number of likely N-dealkylation sites (N-methyl/N-ethyl adjacent to an activating group) is 1. The molecule has 0 aliphatic rings. The van der Waals surface area contributed by atoms with Crippen molar-refractivity contribution in [1.29, 1.82) is 0 Å². The van der Waals surface area contributed by atoms with Gasteiger partial charge in [0.25, 0.3) is 0 Å². The number of urea groups is 1. The standard InChI is InChI=1S/C20H25BrClN3O/c1-2-25(15-12-16-4-8-18(22)9-5-16)14-3-13-23-20(26)24-19-10-6-17(21)7-11-19/h4-11H,2-3,12-15H2,1H3,(H2,23,24,26). The molecule has 2 rings (SSSR count). The second kappa shape index (κ2) is 11.2. The van der Waals surface area contributed by atoms with Crippen molar-refractivity contribution in [2.75, 3.05) is 31.5 Å². The minimum Gasteiger partial charge on any atom is -0.338 e. The summed E-state index contributed by atoms with van der Waals surface area (Å²) in [6.45, 7) is 5.78. The normalized spacial score (nSPS) is 10.8. The van der Waals surface area contributed by atoms with E-state index in [0.717, 1.165) is 47.7 Å². The lowest BCUT2D eigenvalue weighted by Crippen LogP contribution is -2.33. The summed E-state index contributed by atoms with van der Waals surface area (Å²) in [5.74, 6) is 0. The summed E-state index contributed by atoms with van der Waals surface area (Å²) in [7, 11) is 0. The Labute approximate surface area is 169 Å². The predicted octanol–water partition coefficient (Wildman–Crippen LogP) is 5.18. The molecule has 4 nitrogen and oxygen atoms in total. The Hall–Kier alpha value is -1.56.